The summed E-state index contributed by atoms with van der Waals surface area (Å²) in [7, 11) is 1.59. The molecule has 0 saturated heterocycles. The van der Waals surface area contributed by atoms with Crippen molar-refractivity contribution in [2.75, 3.05) is 12.8 Å². The number of carbonyl (C=O) groups is 1. The summed E-state index contributed by atoms with van der Waals surface area (Å²) in [6, 6.07) is 7.77. The fourth-order valence-electron chi connectivity index (χ4n) is 3.46. The summed E-state index contributed by atoms with van der Waals surface area (Å²) in [6.45, 7) is 3.70. The Morgan fingerprint density at radius 3 is 2.82 bits per heavy atom. The Bertz CT molecular complexity index is 937. The normalized spacial score (nSPS) is 17.0. The summed E-state index contributed by atoms with van der Waals surface area (Å²) >= 11 is 0. The molecular weight excluding hydrogens is 356 g/mol. The van der Waals surface area contributed by atoms with Gasteiger partial charge in [0, 0.05) is 18.4 Å². The van der Waals surface area contributed by atoms with Gasteiger partial charge in [-0.1, -0.05) is 18.2 Å². The van der Waals surface area contributed by atoms with E-state index < -0.39 is 0 Å². The van der Waals surface area contributed by atoms with Crippen LogP contribution in [0.3, 0.4) is 0 Å². The van der Waals surface area contributed by atoms with Gasteiger partial charge in [-0.2, -0.15) is 5.48 Å². The molecule has 7 nitrogen and oxygen atoms in total. The van der Waals surface area contributed by atoms with Crippen LogP contribution in [0.25, 0.3) is 0 Å². The number of Topliss-reactive ketones (excluding diaryl/α,β-unsaturated/α-hetero) is 1. The van der Waals surface area contributed by atoms with Crippen molar-refractivity contribution in [3.8, 4) is 5.75 Å². The average Bonchev–Trinajstić information content (AvgIpc) is 2.66. The molecule has 7 heteroatoms. The Morgan fingerprint density at radius 2 is 2.07 bits per heavy atom. The lowest BCUT2D eigenvalue weighted by molar-refractivity contribution is -0.842. The molecule has 0 amide bonds. The molecule has 0 fully saturated rings. The summed E-state index contributed by atoms with van der Waals surface area (Å²) in [5.41, 5.74) is 10.3. The maximum Gasteiger partial charge on any atom is 0.220 e. The van der Waals surface area contributed by atoms with Crippen LogP contribution >= 0.6 is 0 Å². The number of hydrogen-bond acceptors (Lipinski definition) is 6. The van der Waals surface area contributed by atoms with Crippen LogP contribution in [0.5, 0.6) is 5.75 Å². The van der Waals surface area contributed by atoms with Crippen molar-refractivity contribution < 1.29 is 19.8 Å². The Kier molecular flexibility index (Phi) is 6.18. The van der Waals surface area contributed by atoms with Crippen molar-refractivity contribution in [2.24, 2.45) is 0 Å². The minimum Gasteiger partial charge on any atom is -0.457 e. The molecule has 1 aromatic heterocycles. The molecule has 0 bridgehead atoms. The third kappa shape index (κ3) is 4.27. The van der Waals surface area contributed by atoms with Crippen molar-refractivity contribution >= 4 is 11.7 Å². The Hall–Kier alpha value is -3.03. The number of nitrogens with two attached hydrogens (primary N) is 2. The number of benzene rings is 1. The van der Waals surface area contributed by atoms with Crippen LogP contribution in [0, 0.1) is 6.92 Å². The van der Waals surface area contributed by atoms with Gasteiger partial charge in [-0.3, -0.25) is 4.79 Å². The van der Waals surface area contributed by atoms with E-state index in [1.165, 1.54) is 0 Å². The number of allylic oxidation sites excluding steroid dienone is 2. The van der Waals surface area contributed by atoms with E-state index in [1.807, 2.05) is 43.3 Å². The second kappa shape index (κ2) is 8.77. The lowest BCUT2D eigenvalue weighted by Gasteiger charge is -2.25. The minimum atomic E-state index is -0.0301. The number of aromatic nitrogens is 2. The largest absolute Gasteiger partial charge is 0.457 e. The maximum absolute atomic E-state index is 12.8. The molecule has 1 heterocycles. The molecule has 0 aliphatic heterocycles. The third-order valence-corrected chi connectivity index (χ3v) is 4.68. The van der Waals surface area contributed by atoms with Crippen LogP contribution in [-0.2, 0) is 11.3 Å². The number of ether oxygens (including phenoxy) is 1. The Morgan fingerprint density at radius 1 is 1.29 bits per heavy atom. The molecule has 1 aliphatic carbocycles. The lowest BCUT2D eigenvalue weighted by Crippen LogP contribution is -2.75. The quantitative estimate of drug-likeness (QED) is 0.452. The number of para-hydroxylation sites is 1. The number of aryl methyl sites for hydroxylation is 1. The topological polar surface area (TPSA) is 104 Å². The molecule has 1 aromatic carbocycles. The van der Waals surface area contributed by atoms with E-state index in [9.17, 15) is 4.79 Å². The summed E-state index contributed by atoms with van der Waals surface area (Å²) in [5, 5.41) is 0. The molecule has 1 unspecified atom stereocenters. The fraction of sp³-hybridized carbons (Fsp3) is 0.286. The zero-order valence-electron chi connectivity index (χ0n) is 16.3. The van der Waals surface area contributed by atoms with E-state index in [-0.39, 0.29) is 17.6 Å². The first-order valence-corrected chi connectivity index (χ1v) is 9.15. The van der Waals surface area contributed by atoms with Gasteiger partial charge >= 0.3 is 0 Å². The number of nitrogens with zero attached hydrogens (tertiary/aromatic N) is 2. The maximum atomic E-state index is 12.8. The fourth-order valence-corrected chi connectivity index (χ4v) is 3.46. The zero-order valence-corrected chi connectivity index (χ0v) is 16.3. The van der Waals surface area contributed by atoms with E-state index in [0.29, 0.717) is 35.6 Å². The van der Waals surface area contributed by atoms with Crippen LogP contribution < -0.4 is 16.0 Å². The van der Waals surface area contributed by atoms with Crippen molar-refractivity contribution in [1.29, 1.82) is 0 Å². The van der Waals surface area contributed by atoms with Crippen molar-refractivity contribution in [2.45, 2.75) is 32.6 Å². The molecule has 146 valence electrons. The van der Waals surface area contributed by atoms with Gasteiger partial charge in [0.1, 0.15) is 17.7 Å². The number of hydrogen-bond donors (Lipinski definition) is 2. The highest BCUT2D eigenvalue weighted by Gasteiger charge is 2.31. The first kappa shape index (κ1) is 19.7. The zero-order chi connectivity index (χ0) is 20.1. The second-order valence-electron chi connectivity index (χ2n) is 6.58. The standard InChI is InChI=1S/C21H24N4O3/c1-4-15(9-10-23-27-3)28-19-8-6-5-7-16(19)14-11-17-20(18(26)12-14)13(2)24-21(22)25-17/h4-10,14,23H,11-12H2,1-3H3,(H2,22,24,25)/p+1/b10-9-,15-4+. The predicted octanol–water partition coefficient (Wildman–Crippen LogP) is 2.20. The lowest BCUT2D eigenvalue weighted by atomic mass is 9.81. The van der Waals surface area contributed by atoms with E-state index in [2.05, 4.69) is 9.97 Å². The Balaban J connectivity index is 1.90. The van der Waals surface area contributed by atoms with Gasteiger partial charge in [-0.25, -0.2) is 14.8 Å². The van der Waals surface area contributed by atoms with Crippen LogP contribution in [0.1, 0.15) is 46.6 Å². The Labute approximate surface area is 164 Å². The average molecular weight is 381 g/mol. The molecule has 0 spiro atoms. The highest BCUT2D eigenvalue weighted by atomic mass is 16.6. The van der Waals surface area contributed by atoms with Crippen molar-refractivity contribution in [1.82, 2.24) is 9.97 Å². The van der Waals surface area contributed by atoms with E-state index in [0.717, 1.165) is 11.3 Å². The van der Waals surface area contributed by atoms with Crippen LogP contribution in [0.15, 0.2) is 48.4 Å². The number of carbonyl (C=O) groups excluding carboxylic acids is 1. The molecule has 28 heavy (non-hydrogen) atoms. The van der Waals surface area contributed by atoms with Gasteiger partial charge in [0.2, 0.25) is 5.95 Å². The molecule has 0 saturated carbocycles. The molecule has 1 atom stereocenters. The van der Waals surface area contributed by atoms with Crippen molar-refractivity contribution in [3.05, 3.63) is 70.9 Å². The first-order valence-electron chi connectivity index (χ1n) is 9.15. The van der Waals surface area contributed by atoms with Crippen LogP contribution in [0.2, 0.25) is 0 Å². The predicted molar refractivity (Wildman–Crippen MR) is 105 cm³/mol. The molecule has 2 aromatic rings. The second-order valence-corrected chi connectivity index (χ2v) is 6.58. The molecule has 1 aliphatic rings. The first-order chi connectivity index (χ1) is 13.5. The summed E-state index contributed by atoms with van der Waals surface area (Å²) in [4.78, 5) is 26.1. The van der Waals surface area contributed by atoms with Gasteiger partial charge < -0.3 is 10.5 Å². The van der Waals surface area contributed by atoms with Crippen LogP contribution in [0.4, 0.5) is 5.95 Å². The van der Waals surface area contributed by atoms with Gasteiger partial charge in [0.25, 0.3) is 0 Å². The van der Waals surface area contributed by atoms with Gasteiger partial charge in [0.15, 0.2) is 5.78 Å². The number of hydroxylamine groups is 1. The molecular formula is C21H25N4O3+. The van der Waals surface area contributed by atoms with Gasteiger partial charge in [-0.05, 0) is 38.0 Å². The third-order valence-electron chi connectivity index (χ3n) is 4.68. The minimum absolute atomic E-state index is 0.0301. The van der Waals surface area contributed by atoms with Gasteiger partial charge in [-0.15, -0.1) is 0 Å². The smallest absolute Gasteiger partial charge is 0.220 e. The number of rotatable bonds is 6. The van der Waals surface area contributed by atoms with E-state index in [4.69, 9.17) is 15.3 Å². The number of anilines is 1. The van der Waals surface area contributed by atoms with Gasteiger partial charge in [0.05, 0.1) is 24.1 Å². The number of quaternary nitrogens is 1. The number of nitrogen functional groups attached to an aromatic ring is 1. The van der Waals surface area contributed by atoms with Crippen LogP contribution in [-0.4, -0.2) is 22.9 Å². The van der Waals surface area contributed by atoms with E-state index in [1.54, 1.807) is 25.7 Å². The van der Waals surface area contributed by atoms with E-state index >= 15 is 0 Å². The number of ketones is 1. The van der Waals surface area contributed by atoms with Crippen molar-refractivity contribution in [3.63, 3.8) is 0 Å². The summed E-state index contributed by atoms with van der Waals surface area (Å²) in [5.74, 6) is 1.62. The summed E-state index contributed by atoms with van der Waals surface area (Å²) < 4.78 is 6.10. The monoisotopic (exact) mass is 381 g/mol. The molecule has 0 radical (unpaired) electrons. The molecule has 3 rings (SSSR count). The SMILES string of the molecule is C/C=C(\C=C/[NH2+]OC)Oc1ccccc1C1CC(=O)c2c(C)nc(N)nc2C1. The number of fused-ring (bicyclic) bond motifs is 1. The molecule has 4 N–H and O–H groups in total. The summed E-state index contributed by atoms with van der Waals surface area (Å²) in [6.07, 6.45) is 6.46. The highest BCUT2D eigenvalue weighted by Crippen LogP contribution is 2.37. The highest BCUT2D eigenvalue weighted by molar-refractivity contribution is 5.99.